The van der Waals surface area contributed by atoms with Crippen molar-refractivity contribution in [3.63, 3.8) is 0 Å². The molecule has 1 aliphatic rings. The molecule has 5 nitrogen and oxygen atoms in total. The number of methoxy groups -OCH3 is 1. The number of thiazole rings is 1. The smallest absolute Gasteiger partial charge is 0.312 e. The van der Waals surface area contributed by atoms with Crippen LogP contribution < -0.4 is 4.74 Å². The fraction of sp³-hybridized carbons (Fsp3) is 0.348. The lowest BCUT2D eigenvalue weighted by molar-refractivity contribution is -0.154. The minimum absolute atomic E-state index is 0.231. The molecule has 0 amide bonds. The second-order valence-electron chi connectivity index (χ2n) is 7.47. The van der Waals surface area contributed by atoms with Gasteiger partial charge in [0, 0.05) is 12.0 Å². The summed E-state index contributed by atoms with van der Waals surface area (Å²) >= 11 is 1.63. The molecule has 4 rings (SSSR count). The number of Topliss-reactive ketones (excluding diaryl/α,β-unsaturated/α-hetero) is 1. The molecule has 29 heavy (non-hydrogen) atoms. The minimum Gasteiger partial charge on any atom is -0.497 e. The Kier molecular flexibility index (Phi) is 5.62. The van der Waals surface area contributed by atoms with Gasteiger partial charge in [-0.15, -0.1) is 11.3 Å². The Labute approximate surface area is 173 Å². The van der Waals surface area contributed by atoms with Gasteiger partial charge in [0.15, 0.2) is 12.4 Å². The number of fused-ring (bicyclic) bond motifs is 1. The van der Waals surface area contributed by atoms with Crippen LogP contribution in [-0.4, -0.2) is 30.5 Å². The Hall–Kier alpha value is -2.73. The fourth-order valence-electron chi connectivity index (χ4n) is 3.95. The summed E-state index contributed by atoms with van der Waals surface area (Å²) < 4.78 is 11.8. The zero-order valence-electron chi connectivity index (χ0n) is 16.3. The van der Waals surface area contributed by atoms with Crippen molar-refractivity contribution in [2.24, 2.45) is 5.41 Å². The number of nitrogens with zero attached hydrogens (tertiary/aromatic N) is 1. The van der Waals surface area contributed by atoms with Crippen molar-refractivity contribution in [1.82, 2.24) is 4.98 Å². The van der Waals surface area contributed by atoms with Crippen LogP contribution in [-0.2, 0) is 16.0 Å². The quantitative estimate of drug-likeness (QED) is 0.413. The van der Waals surface area contributed by atoms with Crippen molar-refractivity contribution in [2.45, 2.75) is 32.1 Å². The molecule has 6 heteroatoms. The number of para-hydroxylation sites is 1. The van der Waals surface area contributed by atoms with Crippen molar-refractivity contribution < 1.29 is 19.1 Å². The molecule has 2 aromatic carbocycles. The molecule has 150 valence electrons. The predicted octanol–water partition coefficient (Wildman–Crippen LogP) is 4.83. The van der Waals surface area contributed by atoms with Gasteiger partial charge in [-0.05, 0) is 37.1 Å². The summed E-state index contributed by atoms with van der Waals surface area (Å²) in [5.41, 5.74) is 0.855. The molecule has 0 unspecified atom stereocenters. The Morgan fingerprint density at radius 2 is 1.90 bits per heavy atom. The highest BCUT2D eigenvalue weighted by atomic mass is 32.1. The highest BCUT2D eigenvalue weighted by molar-refractivity contribution is 7.18. The van der Waals surface area contributed by atoms with Crippen molar-refractivity contribution >= 4 is 33.3 Å². The molecule has 1 saturated carbocycles. The topological polar surface area (TPSA) is 65.5 Å². The van der Waals surface area contributed by atoms with Gasteiger partial charge < -0.3 is 9.47 Å². The highest BCUT2D eigenvalue weighted by Crippen LogP contribution is 2.43. The number of carbonyl (C=O) groups excluding carboxylic acids is 2. The van der Waals surface area contributed by atoms with Crippen LogP contribution in [0.4, 0.5) is 0 Å². The summed E-state index contributed by atoms with van der Waals surface area (Å²) in [4.78, 5) is 30.2. The molecule has 1 heterocycles. The van der Waals surface area contributed by atoms with Gasteiger partial charge in [0.1, 0.15) is 5.75 Å². The monoisotopic (exact) mass is 409 g/mol. The van der Waals surface area contributed by atoms with Crippen molar-refractivity contribution in [2.75, 3.05) is 13.7 Å². The SMILES string of the molecule is COc1cccc(C(=O)COC(=O)C2(Cc3nc4ccccc4s3)CCCC2)c1. The predicted molar refractivity (Wildman–Crippen MR) is 113 cm³/mol. The molecule has 1 aliphatic carbocycles. The van der Waals surface area contributed by atoms with Crippen molar-refractivity contribution in [1.29, 1.82) is 0 Å². The second kappa shape index (κ2) is 8.33. The van der Waals surface area contributed by atoms with E-state index in [1.54, 1.807) is 42.7 Å². The first kappa shape index (κ1) is 19.6. The third-order valence-corrected chi connectivity index (χ3v) is 6.58. The van der Waals surface area contributed by atoms with Gasteiger partial charge in [0.25, 0.3) is 0 Å². The third kappa shape index (κ3) is 4.17. The fourth-order valence-corrected chi connectivity index (χ4v) is 5.07. The number of hydrogen-bond acceptors (Lipinski definition) is 6. The van der Waals surface area contributed by atoms with Crippen LogP contribution >= 0.6 is 11.3 Å². The van der Waals surface area contributed by atoms with E-state index in [9.17, 15) is 9.59 Å². The molecule has 1 aromatic heterocycles. The summed E-state index contributed by atoms with van der Waals surface area (Å²) in [6.07, 6.45) is 4.09. The molecular weight excluding hydrogens is 386 g/mol. The Balaban J connectivity index is 1.46. The maximum Gasteiger partial charge on any atom is 0.312 e. The molecule has 0 atom stereocenters. The molecule has 0 aliphatic heterocycles. The molecular formula is C23H23NO4S. The number of ketones is 1. The van der Waals surface area contributed by atoms with Crippen LogP contribution in [0.3, 0.4) is 0 Å². The van der Waals surface area contributed by atoms with Crippen molar-refractivity contribution in [3.05, 3.63) is 59.1 Å². The number of ether oxygens (including phenoxy) is 2. The van der Waals surface area contributed by atoms with E-state index < -0.39 is 5.41 Å². The normalized spacial score (nSPS) is 15.3. The van der Waals surface area contributed by atoms with Gasteiger partial charge in [0.2, 0.25) is 0 Å². The number of benzene rings is 2. The van der Waals surface area contributed by atoms with E-state index in [2.05, 4.69) is 0 Å². The largest absolute Gasteiger partial charge is 0.497 e. The number of aromatic nitrogens is 1. The van der Waals surface area contributed by atoms with Gasteiger partial charge in [0.05, 0.1) is 27.7 Å². The van der Waals surface area contributed by atoms with Gasteiger partial charge in [-0.25, -0.2) is 4.98 Å². The molecule has 0 bridgehead atoms. The standard InChI is InChI=1S/C23H23NO4S/c1-27-17-8-6-7-16(13-17)19(25)15-28-22(26)23(11-4-5-12-23)14-21-24-18-9-2-3-10-20(18)29-21/h2-3,6-10,13H,4-5,11-12,14-15H2,1H3. The first-order valence-corrected chi connectivity index (χ1v) is 10.6. The summed E-state index contributed by atoms with van der Waals surface area (Å²) in [5.74, 6) is 0.0844. The zero-order valence-corrected chi connectivity index (χ0v) is 17.2. The van der Waals surface area contributed by atoms with Gasteiger partial charge in [-0.1, -0.05) is 37.1 Å². The Morgan fingerprint density at radius 1 is 1.10 bits per heavy atom. The Morgan fingerprint density at radius 3 is 2.66 bits per heavy atom. The Bertz CT molecular complexity index is 1000. The average molecular weight is 410 g/mol. The number of carbonyl (C=O) groups is 2. The van der Waals surface area contributed by atoms with Gasteiger partial charge in [-0.2, -0.15) is 0 Å². The first-order chi connectivity index (χ1) is 14.1. The van der Waals surface area contributed by atoms with Crippen LogP contribution in [0, 0.1) is 5.41 Å². The van der Waals surface area contributed by atoms with Gasteiger partial charge in [-0.3, -0.25) is 9.59 Å². The van der Waals surface area contributed by atoms with Crippen LogP contribution in [0.1, 0.15) is 41.0 Å². The molecule has 1 fully saturated rings. The van der Waals surface area contributed by atoms with Crippen LogP contribution in [0.15, 0.2) is 48.5 Å². The maximum atomic E-state index is 13.0. The molecule has 0 N–H and O–H groups in total. The second-order valence-corrected chi connectivity index (χ2v) is 8.59. The lowest BCUT2D eigenvalue weighted by Crippen LogP contribution is -2.33. The van der Waals surface area contributed by atoms with E-state index in [1.165, 1.54) is 0 Å². The van der Waals surface area contributed by atoms with E-state index in [0.29, 0.717) is 17.7 Å². The first-order valence-electron chi connectivity index (χ1n) is 9.79. The van der Waals surface area contributed by atoms with Crippen LogP contribution in [0.5, 0.6) is 5.75 Å². The molecule has 3 aromatic rings. The molecule has 0 radical (unpaired) electrons. The van der Waals surface area contributed by atoms with E-state index in [4.69, 9.17) is 14.5 Å². The summed E-state index contributed by atoms with van der Waals surface area (Å²) in [6, 6.07) is 14.9. The molecule has 0 spiro atoms. The molecule has 0 saturated heterocycles. The number of esters is 1. The van der Waals surface area contributed by atoms with Gasteiger partial charge >= 0.3 is 5.97 Å². The number of hydrogen-bond donors (Lipinski definition) is 0. The van der Waals surface area contributed by atoms with Crippen LogP contribution in [0.2, 0.25) is 0 Å². The highest BCUT2D eigenvalue weighted by Gasteiger charge is 2.43. The van der Waals surface area contributed by atoms with E-state index in [1.807, 2.05) is 24.3 Å². The van der Waals surface area contributed by atoms with E-state index >= 15 is 0 Å². The summed E-state index contributed by atoms with van der Waals surface area (Å²) in [6.45, 7) is -0.256. The lowest BCUT2D eigenvalue weighted by Gasteiger charge is -2.25. The van der Waals surface area contributed by atoms with Crippen LogP contribution in [0.25, 0.3) is 10.2 Å². The van der Waals surface area contributed by atoms with E-state index in [0.717, 1.165) is 40.9 Å². The van der Waals surface area contributed by atoms with E-state index in [-0.39, 0.29) is 18.4 Å². The summed E-state index contributed by atoms with van der Waals surface area (Å²) in [5, 5.41) is 0.948. The summed E-state index contributed by atoms with van der Waals surface area (Å²) in [7, 11) is 1.55. The zero-order chi connectivity index (χ0) is 20.3. The maximum absolute atomic E-state index is 13.0. The van der Waals surface area contributed by atoms with Crippen molar-refractivity contribution in [3.8, 4) is 5.75 Å². The minimum atomic E-state index is -0.581. The lowest BCUT2D eigenvalue weighted by atomic mass is 9.83. The third-order valence-electron chi connectivity index (χ3n) is 5.55. The number of rotatable bonds is 7. The average Bonchev–Trinajstić information content (AvgIpc) is 3.39.